The Bertz CT molecular complexity index is 827. The Morgan fingerprint density at radius 2 is 2.00 bits per heavy atom. The van der Waals surface area contributed by atoms with Gasteiger partial charge < -0.3 is 10.4 Å². The van der Waals surface area contributed by atoms with Gasteiger partial charge in [0.25, 0.3) is 0 Å². The molecular weight excluding hydrogens is 318 g/mol. The Kier molecular flexibility index (Phi) is 5.16. The molecule has 0 saturated heterocycles. The Morgan fingerprint density at radius 1 is 1.17 bits per heavy atom. The molecule has 3 nitrogen and oxygen atoms in total. The molecule has 1 aromatic heterocycles. The van der Waals surface area contributed by atoms with E-state index >= 15 is 0 Å². The molecule has 2 aromatic carbocycles. The minimum absolute atomic E-state index is 0.0163. The third-order valence-electron chi connectivity index (χ3n) is 4.13. The lowest BCUT2D eigenvalue weighted by Gasteiger charge is -2.21. The summed E-state index contributed by atoms with van der Waals surface area (Å²) in [5, 5.41) is 17.6. The molecule has 0 fully saturated rings. The summed E-state index contributed by atoms with van der Waals surface area (Å²) in [6.45, 7) is 2.07. The molecule has 0 aliphatic heterocycles. The topological polar surface area (TPSA) is 49.3 Å². The van der Waals surface area contributed by atoms with E-state index in [1.807, 2.05) is 47.8 Å². The van der Waals surface area contributed by atoms with Crippen molar-refractivity contribution in [3.05, 3.63) is 64.4 Å². The quantitative estimate of drug-likeness (QED) is 0.664. The summed E-state index contributed by atoms with van der Waals surface area (Å²) in [6.07, 6.45) is 2.35. The molecule has 0 aliphatic carbocycles. The third-order valence-corrected chi connectivity index (χ3v) is 5.06. The molecule has 1 unspecified atom stereocenters. The van der Waals surface area contributed by atoms with Gasteiger partial charge in [0.1, 0.15) is 5.75 Å². The number of phenols is 1. The monoisotopic (exact) mass is 339 g/mol. The van der Waals surface area contributed by atoms with Crippen molar-refractivity contribution in [3.63, 3.8) is 0 Å². The standard InChI is InChI=1S/C20H21NO2S/c1-2-3-10-18(23)21-20(17-9-6-13-24-17)19-15-8-5-4-7-14(15)11-12-16(19)22/h4-9,11-13,20,22H,2-3,10H2,1H3,(H,21,23). The lowest BCUT2D eigenvalue weighted by atomic mass is 9.96. The summed E-state index contributed by atoms with van der Waals surface area (Å²) in [6, 6.07) is 15.2. The van der Waals surface area contributed by atoms with Gasteiger partial charge in [-0.1, -0.05) is 49.7 Å². The molecule has 0 saturated carbocycles. The van der Waals surface area contributed by atoms with Gasteiger partial charge in [-0.3, -0.25) is 4.79 Å². The van der Waals surface area contributed by atoms with Crippen LogP contribution in [0.15, 0.2) is 53.9 Å². The molecule has 124 valence electrons. The molecule has 3 aromatic rings. The predicted octanol–water partition coefficient (Wildman–Crippen LogP) is 5.00. The first kappa shape index (κ1) is 16.5. The third kappa shape index (κ3) is 3.44. The van der Waals surface area contributed by atoms with Gasteiger partial charge in [0.2, 0.25) is 5.91 Å². The van der Waals surface area contributed by atoms with Gasteiger partial charge in [-0.15, -0.1) is 11.3 Å². The highest BCUT2D eigenvalue weighted by Crippen LogP contribution is 2.37. The van der Waals surface area contributed by atoms with Crippen molar-refractivity contribution in [1.82, 2.24) is 5.32 Å². The summed E-state index contributed by atoms with van der Waals surface area (Å²) in [7, 11) is 0. The van der Waals surface area contributed by atoms with Crippen molar-refractivity contribution in [2.45, 2.75) is 32.2 Å². The van der Waals surface area contributed by atoms with Crippen molar-refractivity contribution in [2.75, 3.05) is 0 Å². The first-order valence-corrected chi connectivity index (χ1v) is 9.12. The molecular formula is C20H21NO2S. The molecule has 24 heavy (non-hydrogen) atoms. The van der Waals surface area contributed by atoms with Crippen LogP contribution < -0.4 is 5.32 Å². The number of rotatable bonds is 6. The minimum atomic E-state index is -0.333. The number of benzene rings is 2. The van der Waals surface area contributed by atoms with E-state index in [-0.39, 0.29) is 17.7 Å². The van der Waals surface area contributed by atoms with Crippen molar-refractivity contribution < 1.29 is 9.90 Å². The maximum atomic E-state index is 12.3. The Balaban J connectivity index is 2.06. The second kappa shape index (κ2) is 7.49. The molecule has 0 spiro atoms. The van der Waals surface area contributed by atoms with Crippen LogP contribution in [0.1, 0.15) is 42.7 Å². The minimum Gasteiger partial charge on any atom is -0.508 e. The molecule has 0 aliphatic rings. The van der Waals surface area contributed by atoms with Crippen molar-refractivity contribution in [1.29, 1.82) is 0 Å². The van der Waals surface area contributed by atoms with Crippen molar-refractivity contribution in [2.24, 2.45) is 0 Å². The van der Waals surface area contributed by atoms with Crippen LogP contribution in [0.3, 0.4) is 0 Å². The van der Waals surface area contributed by atoms with Crippen molar-refractivity contribution in [3.8, 4) is 5.75 Å². The normalized spacial score (nSPS) is 12.2. The van der Waals surface area contributed by atoms with Crippen LogP contribution in [0.4, 0.5) is 0 Å². The summed E-state index contributed by atoms with van der Waals surface area (Å²) >= 11 is 1.58. The highest BCUT2D eigenvalue weighted by atomic mass is 32.1. The van der Waals surface area contributed by atoms with E-state index in [9.17, 15) is 9.90 Å². The Hall–Kier alpha value is -2.33. The average molecular weight is 339 g/mol. The van der Waals surface area contributed by atoms with E-state index in [1.54, 1.807) is 17.4 Å². The second-order valence-corrected chi connectivity index (χ2v) is 6.82. The molecule has 1 atom stereocenters. The molecule has 2 N–H and O–H groups in total. The summed E-state index contributed by atoms with van der Waals surface area (Å²) in [5.41, 5.74) is 0.764. The first-order chi connectivity index (χ1) is 11.7. The van der Waals surface area contributed by atoms with Gasteiger partial charge in [0.05, 0.1) is 6.04 Å². The van der Waals surface area contributed by atoms with Gasteiger partial charge in [-0.25, -0.2) is 0 Å². The lowest BCUT2D eigenvalue weighted by Crippen LogP contribution is -2.28. The molecule has 1 heterocycles. The van der Waals surface area contributed by atoms with E-state index in [2.05, 4.69) is 12.2 Å². The van der Waals surface area contributed by atoms with Crippen LogP contribution in [0.5, 0.6) is 5.75 Å². The van der Waals surface area contributed by atoms with Crippen LogP contribution in [-0.4, -0.2) is 11.0 Å². The zero-order valence-corrected chi connectivity index (χ0v) is 14.5. The van der Waals surface area contributed by atoms with E-state index in [0.717, 1.165) is 34.1 Å². The van der Waals surface area contributed by atoms with E-state index in [1.165, 1.54) is 0 Å². The molecule has 3 rings (SSSR count). The molecule has 0 radical (unpaired) electrons. The number of unbranched alkanes of at least 4 members (excludes halogenated alkanes) is 1. The number of hydrogen-bond acceptors (Lipinski definition) is 3. The van der Waals surface area contributed by atoms with Crippen LogP contribution in [-0.2, 0) is 4.79 Å². The van der Waals surface area contributed by atoms with E-state index in [0.29, 0.717) is 6.42 Å². The maximum Gasteiger partial charge on any atom is 0.220 e. The highest BCUT2D eigenvalue weighted by Gasteiger charge is 2.23. The van der Waals surface area contributed by atoms with Crippen LogP contribution in [0.2, 0.25) is 0 Å². The van der Waals surface area contributed by atoms with Crippen LogP contribution in [0.25, 0.3) is 10.8 Å². The fourth-order valence-electron chi connectivity index (χ4n) is 2.90. The number of phenolic OH excluding ortho intramolecular Hbond substituents is 1. The summed E-state index contributed by atoms with van der Waals surface area (Å²) in [5.74, 6) is 0.227. The number of carbonyl (C=O) groups excluding carboxylic acids is 1. The number of thiophene rings is 1. The average Bonchev–Trinajstić information content (AvgIpc) is 3.13. The highest BCUT2D eigenvalue weighted by molar-refractivity contribution is 7.10. The molecule has 1 amide bonds. The zero-order valence-electron chi connectivity index (χ0n) is 13.7. The number of hydrogen-bond donors (Lipinski definition) is 2. The van der Waals surface area contributed by atoms with Gasteiger partial charge >= 0.3 is 0 Å². The fraction of sp³-hybridized carbons (Fsp3) is 0.250. The van der Waals surface area contributed by atoms with Gasteiger partial charge in [0, 0.05) is 16.9 Å². The van der Waals surface area contributed by atoms with Crippen LogP contribution >= 0.6 is 11.3 Å². The van der Waals surface area contributed by atoms with E-state index < -0.39 is 0 Å². The molecule has 4 heteroatoms. The number of nitrogens with one attached hydrogen (secondary N) is 1. The fourth-order valence-corrected chi connectivity index (χ4v) is 3.68. The lowest BCUT2D eigenvalue weighted by molar-refractivity contribution is -0.121. The first-order valence-electron chi connectivity index (χ1n) is 8.24. The molecule has 0 bridgehead atoms. The van der Waals surface area contributed by atoms with E-state index in [4.69, 9.17) is 0 Å². The summed E-state index contributed by atoms with van der Waals surface area (Å²) < 4.78 is 0. The number of aromatic hydroxyl groups is 1. The Labute approximate surface area is 146 Å². The van der Waals surface area contributed by atoms with Gasteiger partial charge in [0.15, 0.2) is 0 Å². The van der Waals surface area contributed by atoms with Crippen molar-refractivity contribution >= 4 is 28.0 Å². The predicted molar refractivity (Wildman–Crippen MR) is 99.4 cm³/mol. The smallest absolute Gasteiger partial charge is 0.220 e. The second-order valence-electron chi connectivity index (χ2n) is 5.84. The number of amides is 1. The number of carbonyl (C=O) groups is 1. The maximum absolute atomic E-state index is 12.3. The summed E-state index contributed by atoms with van der Waals surface area (Å²) in [4.78, 5) is 13.4. The van der Waals surface area contributed by atoms with Gasteiger partial charge in [-0.05, 0) is 34.7 Å². The Morgan fingerprint density at radius 3 is 2.75 bits per heavy atom. The van der Waals surface area contributed by atoms with Gasteiger partial charge in [-0.2, -0.15) is 0 Å². The largest absolute Gasteiger partial charge is 0.508 e. The van der Waals surface area contributed by atoms with Crippen LogP contribution in [0, 0.1) is 0 Å². The SMILES string of the molecule is CCCCC(=O)NC(c1cccs1)c1c(O)ccc2ccccc12. The zero-order chi connectivity index (χ0) is 16.9. The number of fused-ring (bicyclic) bond motifs is 1.